The van der Waals surface area contributed by atoms with Crippen LogP contribution in [0.4, 0.5) is 0 Å². The third kappa shape index (κ3) is 6.08. The normalized spacial score (nSPS) is 15.2. The minimum atomic E-state index is -0.386. The van der Waals surface area contributed by atoms with Crippen LogP contribution in [0.15, 0.2) is 12.2 Å². The average molecular weight is 296 g/mol. The zero-order chi connectivity index (χ0) is 16.0. The molecule has 1 heterocycles. The van der Waals surface area contributed by atoms with Gasteiger partial charge in [-0.3, -0.25) is 19.3 Å². The highest BCUT2D eigenvalue weighted by molar-refractivity contribution is 6.13. The Hall–Kier alpha value is -1.69. The fourth-order valence-electron chi connectivity index (χ4n) is 1.92. The van der Waals surface area contributed by atoms with Crippen molar-refractivity contribution < 1.29 is 19.1 Å². The third-order valence-corrected chi connectivity index (χ3v) is 3.12. The summed E-state index contributed by atoms with van der Waals surface area (Å²) in [6.07, 6.45) is 3.39. The monoisotopic (exact) mass is 296 g/mol. The number of hydrogen-bond acceptors (Lipinski definition) is 4. The van der Waals surface area contributed by atoms with Crippen molar-refractivity contribution in [2.45, 2.75) is 52.2 Å². The van der Waals surface area contributed by atoms with Crippen molar-refractivity contribution in [2.75, 3.05) is 13.2 Å². The van der Waals surface area contributed by atoms with Crippen LogP contribution in [0.2, 0.25) is 0 Å². The van der Waals surface area contributed by atoms with Gasteiger partial charge in [-0.05, 0) is 34.1 Å². The number of amides is 3. The molecular formula is C15H24N2O4. The van der Waals surface area contributed by atoms with Gasteiger partial charge in [-0.1, -0.05) is 0 Å². The van der Waals surface area contributed by atoms with Crippen LogP contribution in [0.1, 0.15) is 40.5 Å². The first-order valence-electron chi connectivity index (χ1n) is 7.17. The molecule has 0 atom stereocenters. The van der Waals surface area contributed by atoms with Crippen molar-refractivity contribution in [3.8, 4) is 0 Å². The highest BCUT2D eigenvalue weighted by atomic mass is 16.5. The Bertz CT molecular complexity index is 423. The largest absolute Gasteiger partial charge is 0.379 e. The second-order valence-electron chi connectivity index (χ2n) is 6.01. The van der Waals surface area contributed by atoms with Gasteiger partial charge in [0.2, 0.25) is 5.91 Å². The molecule has 0 aromatic heterocycles. The molecular weight excluding hydrogens is 272 g/mol. The molecule has 0 aromatic rings. The lowest BCUT2D eigenvalue weighted by Crippen LogP contribution is -2.45. The molecule has 0 radical (unpaired) electrons. The number of carbonyl (C=O) groups excluding carboxylic acids is 3. The van der Waals surface area contributed by atoms with Gasteiger partial charge in [0.15, 0.2) is 0 Å². The van der Waals surface area contributed by atoms with Crippen LogP contribution in [0, 0.1) is 0 Å². The van der Waals surface area contributed by atoms with Crippen molar-refractivity contribution in [2.24, 2.45) is 0 Å². The second-order valence-corrected chi connectivity index (χ2v) is 6.01. The molecule has 0 unspecified atom stereocenters. The van der Waals surface area contributed by atoms with Gasteiger partial charge in [0.1, 0.15) is 0 Å². The molecule has 1 aliphatic rings. The number of rotatable bonds is 8. The first-order chi connectivity index (χ1) is 9.71. The summed E-state index contributed by atoms with van der Waals surface area (Å²) < 4.78 is 5.47. The number of carbonyl (C=O) groups is 3. The molecule has 21 heavy (non-hydrogen) atoms. The predicted octanol–water partition coefficient (Wildman–Crippen LogP) is 1.01. The predicted molar refractivity (Wildman–Crippen MR) is 78.4 cm³/mol. The summed E-state index contributed by atoms with van der Waals surface area (Å²) >= 11 is 0. The Morgan fingerprint density at radius 3 is 2.38 bits per heavy atom. The van der Waals surface area contributed by atoms with Crippen LogP contribution in [0.5, 0.6) is 0 Å². The molecule has 1 N–H and O–H groups in total. The van der Waals surface area contributed by atoms with Gasteiger partial charge in [0.05, 0.1) is 6.10 Å². The van der Waals surface area contributed by atoms with Gasteiger partial charge < -0.3 is 10.1 Å². The Labute approximate surface area is 125 Å². The molecule has 1 aliphatic heterocycles. The molecule has 1 rings (SSSR count). The number of imide groups is 1. The van der Waals surface area contributed by atoms with E-state index in [-0.39, 0.29) is 42.3 Å². The lowest BCUT2D eigenvalue weighted by Gasteiger charge is -2.27. The number of nitrogens with zero attached hydrogens (tertiary/aromatic N) is 1. The van der Waals surface area contributed by atoms with Crippen LogP contribution >= 0.6 is 0 Å². The Morgan fingerprint density at radius 1 is 1.29 bits per heavy atom. The minimum absolute atomic E-state index is 0.105. The Kier molecular flexibility index (Phi) is 6.08. The van der Waals surface area contributed by atoms with E-state index in [9.17, 15) is 14.4 Å². The van der Waals surface area contributed by atoms with Gasteiger partial charge in [0, 0.05) is 37.3 Å². The zero-order valence-electron chi connectivity index (χ0n) is 13.1. The van der Waals surface area contributed by atoms with Crippen molar-refractivity contribution in [3.63, 3.8) is 0 Å². The molecule has 0 bridgehead atoms. The van der Waals surface area contributed by atoms with E-state index in [1.807, 2.05) is 27.7 Å². The summed E-state index contributed by atoms with van der Waals surface area (Å²) in [6.45, 7) is 8.44. The maximum atomic E-state index is 11.9. The van der Waals surface area contributed by atoms with E-state index in [2.05, 4.69) is 5.32 Å². The van der Waals surface area contributed by atoms with Gasteiger partial charge in [-0.2, -0.15) is 0 Å². The minimum Gasteiger partial charge on any atom is -0.379 e. The van der Waals surface area contributed by atoms with Crippen molar-refractivity contribution in [3.05, 3.63) is 12.2 Å². The lowest BCUT2D eigenvalue weighted by molar-refractivity contribution is -0.137. The van der Waals surface area contributed by atoms with E-state index in [1.165, 1.54) is 12.2 Å². The molecule has 118 valence electrons. The maximum Gasteiger partial charge on any atom is 0.253 e. The number of hydrogen-bond donors (Lipinski definition) is 1. The Morgan fingerprint density at radius 2 is 1.86 bits per heavy atom. The Balaban J connectivity index is 2.32. The molecule has 6 heteroatoms. The fourth-order valence-corrected chi connectivity index (χ4v) is 1.92. The van der Waals surface area contributed by atoms with Gasteiger partial charge in [0.25, 0.3) is 11.8 Å². The van der Waals surface area contributed by atoms with E-state index in [1.54, 1.807) is 0 Å². The van der Waals surface area contributed by atoms with Crippen molar-refractivity contribution in [1.82, 2.24) is 10.2 Å². The summed E-state index contributed by atoms with van der Waals surface area (Å²) in [7, 11) is 0. The summed E-state index contributed by atoms with van der Waals surface area (Å²) in [4.78, 5) is 35.7. The topological polar surface area (TPSA) is 75.7 Å². The van der Waals surface area contributed by atoms with E-state index in [0.29, 0.717) is 13.0 Å². The van der Waals surface area contributed by atoms with E-state index >= 15 is 0 Å². The van der Waals surface area contributed by atoms with E-state index in [4.69, 9.17) is 4.74 Å². The molecule has 0 spiro atoms. The number of nitrogens with one attached hydrogen (secondary N) is 1. The standard InChI is InChI=1S/C15H24N2O4/c1-11(2)21-10-8-15(3,4)16-12(18)7-9-17-13(19)5-6-14(17)20/h5-6,11H,7-10H2,1-4H3,(H,16,18). The lowest BCUT2D eigenvalue weighted by atomic mass is 10.0. The molecule has 0 saturated heterocycles. The van der Waals surface area contributed by atoms with Crippen LogP contribution in [-0.2, 0) is 19.1 Å². The summed E-state index contributed by atoms with van der Waals surface area (Å²) in [5, 5.41) is 2.90. The summed E-state index contributed by atoms with van der Waals surface area (Å²) in [5.74, 6) is -0.910. The molecule has 0 saturated carbocycles. The third-order valence-electron chi connectivity index (χ3n) is 3.12. The molecule has 3 amide bonds. The van der Waals surface area contributed by atoms with Crippen LogP contribution in [0.3, 0.4) is 0 Å². The van der Waals surface area contributed by atoms with Gasteiger partial charge in [-0.15, -0.1) is 0 Å². The smallest absolute Gasteiger partial charge is 0.253 e. The van der Waals surface area contributed by atoms with E-state index < -0.39 is 0 Å². The second kappa shape index (κ2) is 7.36. The quantitative estimate of drug-likeness (QED) is 0.678. The van der Waals surface area contributed by atoms with Crippen LogP contribution in [0.25, 0.3) is 0 Å². The molecule has 6 nitrogen and oxygen atoms in total. The van der Waals surface area contributed by atoms with E-state index in [0.717, 1.165) is 4.90 Å². The highest BCUT2D eigenvalue weighted by Crippen LogP contribution is 2.10. The highest BCUT2D eigenvalue weighted by Gasteiger charge is 2.25. The molecule has 0 fully saturated rings. The maximum absolute atomic E-state index is 11.9. The fraction of sp³-hybridized carbons (Fsp3) is 0.667. The van der Waals surface area contributed by atoms with Gasteiger partial charge >= 0.3 is 0 Å². The number of ether oxygens (including phenoxy) is 1. The van der Waals surface area contributed by atoms with Crippen molar-refractivity contribution in [1.29, 1.82) is 0 Å². The van der Waals surface area contributed by atoms with Crippen LogP contribution < -0.4 is 5.32 Å². The van der Waals surface area contributed by atoms with Crippen LogP contribution in [-0.4, -0.2) is 47.4 Å². The molecule has 0 aromatic carbocycles. The first-order valence-corrected chi connectivity index (χ1v) is 7.17. The summed E-state index contributed by atoms with van der Waals surface area (Å²) in [5.41, 5.74) is -0.386. The van der Waals surface area contributed by atoms with Crippen molar-refractivity contribution >= 4 is 17.7 Å². The average Bonchev–Trinajstić information content (AvgIpc) is 2.65. The summed E-state index contributed by atoms with van der Waals surface area (Å²) in [6, 6.07) is 0. The van der Waals surface area contributed by atoms with Gasteiger partial charge in [-0.25, -0.2) is 0 Å². The molecule has 0 aliphatic carbocycles. The first kappa shape index (κ1) is 17.4. The SMILES string of the molecule is CC(C)OCCC(C)(C)NC(=O)CCN1C(=O)C=CC1=O. The zero-order valence-corrected chi connectivity index (χ0v) is 13.1.